The summed E-state index contributed by atoms with van der Waals surface area (Å²) in [5.74, 6) is 2.53. The fourth-order valence-corrected chi connectivity index (χ4v) is 2.95. The lowest BCUT2D eigenvalue weighted by Crippen LogP contribution is -2.27. The first-order chi connectivity index (χ1) is 8.34. The van der Waals surface area contributed by atoms with Crippen LogP contribution in [-0.2, 0) is 0 Å². The Morgan fingerprint density at radius 3 is 2.71 bits per heavy atom. The van der Waals surface area contributed by atoms with Crippen molar-refractivity contribution in [3.63, 3.8) is 0 Å². The van der Waals surface area contributed by atoms with Crippen LogP contribution >= 0.6 is 0 Å². The molecule has 94 valence electrons. The highest BCUT2D eigenvalue weighted by Crippen LogP contribution is 2.31. The zero-order chi connectivity index (χ0) is 11.7. The lowest BCUT2D eigenvalue weighted by atomic mass is 9.94. The van der Waals surface area contributed by atoms with Crippen LogP contribution in [0.15, 0.2) is 4.42 Å². The van der Waals surface area contributed by atoms with E-state index in [-0.39, 0.29) is 0 Å². The molecular weight excluding hydrogens is 214 g/mol. The fourth-order valence-electron chi connectivity index (χ4n) is 2.95. The minimum Gasteiger partial charge on any atom is -0.444 e. The van der Waals surface area contributed by atoms with E-state index in [1.165, 1.54) is 25.0 Å². The normalized spacial score (nSPS) is 26.5. The zero-order valence-electron chi connectivity index (χ0n) is 10.5. The fraction of sp³-hybridized carbons (Fsp3) is 0.769. The average Bonchev–Trinajstić information content (AvgIpc) is 2.99. The molecule has 3 heterocycles. The van der Waals surface area contributed by atoms with E-state index < -0.39 is 0 Å². The van der Waals surface area contributed by atoms with E-state index in [0.717, 1.165) is 37.7 Å². The molecule has 1 aromatic rings. The molecule has 0 saturated carbocycles. The molecule has 2 fully saturated rings. The molecule has 2 aliphatic heterocycles. The molecule has 4 nitrogen and oxygen atoms in total. The molecule has 0 radical (unpaired) electrons. The number of piperidine rings is 1. The van der Waals surface area contributed by atoms with E-state index in [1.54, 1.807) is 0 Å². The van der Waals surface area contributed by atoms with E-state index >= 15 is 0 Å². The van der Waals surface area contributed by atoms with Crippen LogP contribution in [0.5, 0.6) is 0 Å². The Labute approximate surface area is 102 Å². The number of hydrogen-bond donors (Lipinski definition) is 2. The van der Waals surface area contributed by atoms with Gasteiger partial charge in [0.25, 0.3) is 0 Å². The molecule has 2 N–H and O–H groups in total. The van der Waals surface area contributed by atoms with Crippen LogP contribution in [0.3, 0.4) is 0 Å². The largest absolute Gasteiger partial charge is 0.444 e. The molecule has 0 aromatic carbocycles. The first-order valence-corrected chi connectivity index (χ1v) is 6.76. The van der Waals surface area contributed by atoms with Gasteiger partial charge in [-0.3, -0.25) is 0 Å². The predicted octanol–water partition coefficient (Wildman–Crippen LogP) is 1.87. The molecule has 2 saturated heterocycles. The van der Waals surface area contributed by atoms with Crippen molar-refractivity contribution < 1.29 is 4.42 Å². The van der Waals surface area contributed by atoms with E-state index in [0.29, 0.717) is 12.0 Å². The molecule has 17 heavy (non-hydrogen) atoms. The van der Waals surface area contributed by atoms with Gasteiger partial charge in [0.1, 0.15) is 5.76 Å². The molecule has 0 bridgehead atoms. The van der Waals surface area contributed by atoms with E-state index in [2.05, 4.69) is 17.6 Å². The third-order valence-electron chi connectivity index (χ3n) is 3.93. The standard InChI is InChI=1S/C13H21N3O/c1-9-12(10-4-7-14-8-5-10)16-13(17-9)11-3-2-6-15-11/h10-11,14-15H,2-8H2,1H3. The second-order valence-electron chi connectivity index (χ2n) is 5.17. The zero-order valence-corrected chi connectivity index (χ0v) is 10.5. The number of aromatic nitrogens is 1. The molecule has 0 spiro atoms. The van der Waals surface area contributed by atoms with Crippen molar-refractivity contribution in [2.24, 2.45) is 0 Å². The van der Waals surface area contributed by atoms with Crippen molar-refractivity contribution in [2.45, 2.75) is 44.6 Å². The maximum absolute atomic E-state index is 5.86. The van der Waals surface area contributed by atoms with Crippen LogP contribution in [0.2, 0.25) is 0 Å². The minimum atomic E-state index is 0.351. The minimum absolute atomic E-state index is 0.351. The van der Waals surface area contributed by atoms with Gasteiger partial charge >= 0.3 is 0 Å². The Bertz CT molecular complexity index is 376. The van der Waals surface area contributed by atoms with E-state index in [4.69, 9.17) is 9.40 Å². The second kappa shape index (κ2) is 4.78. The van der Waals surface area contributed by atoms with Gasteiger partial charge in [-0.1, -0.05) is 0 Å². The molecular formula is C13H21N3O. The van der Waals surface area contributed by atoms with Crippen LogP contribution in [-0.4, -0.2) is 24.6 Å². The van der Waals surface area contributed by atoms with E-state index in [1.807, 2.05) is 0 Å². The average molecular weight is 235 g/mol. The van der Waals surface area contributed by atoms with Crippen LogP contribution in [0.25, 0.3) is 0 Å². The van der Waals surface area contributed by atoms with Crippen LogP contribution in [0.4, 0.5) is 0 Å². The first kappa shape index (κ1) is 11.2. The van der Waals surface area contributed by atoms with Crippen molar-refractivity contribution in [3.05, 3.63) is 17.3 Å². The number of nitrogens with zero attached hydrogens (tertiary/aromatic N) is 1. The number of rotatable bonds is 2. The molecule has 2 aliphatic rings. The van der Waals surface area contributed by atoms with Gasteiger partial charge in [-0.05, 0) is 52.2 Å². The molecule has 4 heteroatoms. The van der Waals surface area contributed by atoms with Crippen LogP contribution in [0, 0.1) is 6.92 Å². The smallest absolute Gasteiger partial charge is 0.211 e. The lowest BCUT2D eigenvalue weighted by Gasteiger charge is -2.20. The summed E-state index contributed by atoms with van der Waals surface area (Å²) in [7, 11) is 0. The Balaban J connectivity index is 1.79. The Kier molecular flexibility index (Phi) is 3.16. The van der Waals surface area contributed by atoms with Gasteiger partial charge in [0.2, 0.25) is 5.89 Å². The van der Waals surface area contributed by atoms with Gasteiger partial charge in [-0.25, -0.2) is 4.98 Å². The monoisotopic (exact) mass is 235 g/mol. The van der Waals surface area contributed by atoms with E-state index in [9.17, 15) is 0 Å². The summed E-state index contributed by atoms with van der Waals surface area (Å²) in [6.45, 7) is 5.36. The second-order valence-corrected chi connectivity index (χ2v) is 5.17. The molecule has 1 atom stereocenters. The third kappa shape index (κ3) is 2.24. The summed E-state index contributed by atoms with van der Waals surface area (Å²) in [4.78, 5) is 4.76. The highest BCUT2D eigenvalue weighted by molar-refractivity contribution is 5.16. The maximum Gasteiger partial charge on any atom is 0.211 e. The van der Waals surface area contributed by atoms with Gasteiger partial charge in [0.05, 0.1) is 11.7 Å². The third-order valence-corrected chi connectivity index (χ3v) is 3.93. The SMILES string of the molecule is Cc1oc(C2CCCN2)nc1C1CCNCC1. The highest BCUT2D eigenvalue weighted by Gasteiger charge is 2.26. The van der Waals surface area contributed by atoms with Gasteiger partial charge in [-0.2, -0.15) is 0 Å². The van der Waals surface area contributed by atoms with Gasteiger partial charge in [0.15, 0.2) is 0 Å². The van der Waals surface area contributed by atoms with Crippen molar-refractivity contribution in [1.82, 2.24) is 15.6 Å². The van der Waals surface area contributed by atoms with Gasteiger partial charge < -0.3 is 15.1 Å². The van der Waals surface area contributed by atoms with Crippen molar-refractivity contribution in [2.75, 3.05) is 19.6 Å². The first-order valence-electron chi connectivity index (χ1n) is 6.76. The van der Waals surface area contributed by atoms with Crippen molar-refractivity contribution in [1.29, 1.82) is 0 Å². The summed E-state index contributed by atoms with van der Waals surface area (Å²) in [6.07, 6.45) is 4.76. The summed E-state index contributed by atoms with van der Waals surface area (Å²) in [5.41, 5.74) is 1.20. The van der Waals surface area contributed by atoms with Gasteiger partial charge in [-0.15, -0.1) is 0 Å². The van der Waals surface area contributed by atoms with Gasteiger partial charge in [0, 0.05) is 5.92 Å². The Morgan fingerprint density at radius 1 is 1.18 bits per heavy atom. The predicted molar refractivity (Wildman–Crippen MR) is 66.1 cm³/mol. The van der Waals surface area contributed by atoms with Crippen molar-refractivity contribution in [3.8, 4) is 0 Å². The number of hydrogen-bond acceptors (Lipinski definition) is 4. The topological polar surface area (TPSA) is 50.1 Å². The lowest BCUT2D eigenvalue weighted by molar-refractivity contribution is 0.412. The summed E-state index contributed by atoms with van der Waals surface area (Å²) in [5, 5.41) is 6.84. The molecule has 1 aromatic heterocycles. The maximum atomic E-state index is 5.86. The Hall–Kier alpha value is -0.870. The van der Waals surface area contributed by atoms with Crippen molar-refractivity contribution >= 4 is 0 Å². The quantitative estimate of drug-likeness (QED) is 0.821. The van der Waals surface area contributed by atoms with Crippen LogP contribution < -0.4 is 10.6 Å². The summed E-state index contributed by atoms with van der Waals surface area (Å²) >= 11 is 0. The van der Waals surface area contributed by atoms with Crippen LogP contribution in [0.1, 0.15) is 55.0 Å². The summed E-state index contributed by atoms with van der Waals surface area (Å²) < 4.78 is 5.86. The Morgan fingerprint density at radius 2 is 2.00 bits per heavy atom. The molecule has 0 amide bonds. The summed E-state index contributed by atoms with van der Waals surface area (Å²) in [6, 6.07) is 0.351. The molecule has 1 unspecified atom stereocenters. The number of oxazole rings is 1. The molecule has 0 aliphatic carbocycles. The molecule has 3 rings (SSSR count). The number of aryl methyl sites for hydroxylation is 1. The number of nitrogens with one attached hydrogen (secondary N) is 2. The highest BCUT2D eigenvalue weighted by atomic mass is 16.4.